The Bertz CT molecular complexity index is 638. The lowest BCUT2D eigenvalue weighted by Crippen LogP contribution is -2.26. The smallest absolute Gasteiger partial charge is 0.145 e. The third kappa shape index (κ3) is 2.89. The molecule has 1 aliphatic heterocycles. The highest BCUT2D eigenvalue weighted by Crippen LogP contribution is 2.33. The second-order valence-corrected chi connectivity index (χ2v) is 5.84. The Morgan fingerprint density at radius 3 is 2.91 bits per heavy atom. The summed E-state index contributed by atoms with van der Waals surface area (Å²) in [7, 11) is 1.72. The minimum absolute atomic E-state index is 0.116. The van der Waals surface area contributed by atoms with Gasteiger partial charge in [0.15, 0.2) is 0 Å². The lowest BCUT2D eigenvalue weighted by molar-refractivity contribution is 0.107. The Labute approximate surface area is 129 Å². The van der Waals surface area contributed by atoms with Gasteiger partial charge >= 0.3 is 0 Å². The number of methoxy groups -OCH3 is 1. The van der Waals surface area contributed by atoms with Crippen molar-refractivity contribution in [3.05, 3.63) is 47.1 Å². The van der Waals surface area contributed by atoms with Gasteiger partial charge in [0, 0.05) is 37.7 Å². The standard InChI is InChI=1S/C16H21FN4O/c1-10-11(2)20-16(19-10)15-6-13(22-3)9-21(15)8-12-4-5-18-7-14(12)17/h4-5,7,13,15H,6,8-9H2,1-3H3,(H,19,20)/t13-,15+/m1/s1. The van der Waals surface area contributed by atoms with Gasteiger partial charge < -0.3 is 9.72 Å². The molecule has 1 saturated heterocycles. The van der Waals surface area contributed by atoms with Crippen molar-refractivity contribution in [2.75, 3.05) is 13.7 Å². The van der Waals surface area contributed by atoms with Gasteiger partial charge in [-0.1, -0.05) is 0 Å². The van der Waals surface area contributed by atoms with Gasteiger partial charge in [-0.2, -0.15) is 0 Å². The number of pyridine rings is 1. The van der Waals surface area contributed by atoms with Crippen molar-refractivity contribution in [3.8, 4) is 0 Å². The molecule has 0 aliphatic carbocycles. The van der Waals surface area contributed by atoms with Crippen LogP contribution in [0.4, 0.5) is 4.39 Å². The molecule has 3 heterocycles. The lowest BCUT2D eigenvalue weighted by atomic mass is 10.1. The van der Waals surface area contributed by atoms with Crippen LogP contribution in [-0.2, 0) is 11.3 Å². The Morgan fingerprint density at radius 1 is 1.45 bits per heavy atom. The Kier molecular flexibility index (Phi) is 4.22. The SMILES string of the molecule is CO[C@@H]1C[C@@H](c2nc(C)c(C)[nH]2)N(Cc2ccncc2F)C1. The van der Waals surface area contributed by atoms with Crippen LogP contribution in [0.3, 0.4) is 0 Å². The first-order chi connectivity index (χ1) is 10.6. The average Bonchev–Trinajstić information content (AvgIpc) is 3.05. The van der Waals surface area contributed by atoms with E-state index in [2.05, 4.69) is 19.9 Å². The molecule has 0 radical (unpaired) electrons. The van der Waals surface area contributed by atoms with E-state index >= 15 is 0 Å². The number of hydrogen-bond acceptors (Lipinski definition) is 4. The van der Waals surface area contributed by atoms with Crippen molar-refractivity contribution in [3.63, 3.8) is 0 Å². The molecule has 118 valence electrons. The van der Waals surface area contributed by atoms with Crippen LogP contribution in [0.2, 0.25) is 0 Å². The van der Waals surface area contributed by atoms with E-state index in [0.717, 1.165) is 30.2 Å². The maximum absolute atomic E-state index is 13.9. The van der Waals surface area contributed by atoms with Crippen molar-refractivity contribution in [2.45, 2.75) is 39.0 Å². The average molecular weight is 304 g/mol. The molecule has 0 spiro atoms. The molecule has 3 rings (SSSR count). The fourth-order valence-corrected chi connectivity index (χ4v) is 2.98. The first kappa shape index (κ1) is 15.1. The molecular formula is C16H21FN4O. The van der Waals surface area contributed by atoms with E-state index in [1.54, 1.807) is 19.4 Å². The fourth-order valence-electron chi connectivity index (χ4n) is 2.98. The van der Waals surface area contributed by atoms with Gasteiger partial charge in [-0.05, 0) is 26.3 Å². The van der Waals surface area contributed by atoms with Crippen LogP contribution in [-0.4, -0.2) is 39.6 Å². The van der Waals surface area contributed by atoms with Crippen molar-refractivity contribution in [1.82, 2.24) is 19.9 Å². The molecule has 1 N–H and O–H groups in total. The van der Waals surface area contributed by atoms with Crippen LogP contribution in [0.15, 0.2) is 18.5 Å². The van der Waals surface area contributed by atoms with Crippen LogP contribution in [0.1, 0.15) is 35.2 Å². The summed E-state index contributed by atoms with van der Waals surface area (Å²) in [5.74, 6) is 0.665. The lowest BCUT2D eigenvalue weighted by Gasteiger charge is -2.22. The molecule has 0 amide bonds. The number of likely N-dealkylation sites (tertiary alicyclic amines) is 1. The van der Waals surface area contributed by atoms with Gasteiger partial charge in [0.05, 0.1) is 24.0 Å². The van der Waals surface area contributed by atoms with Crippen molar-refractivity contribution < 1.29 is 9.13 Å². The molecule has 5 nitrogen and oxygen atoms in total. The first-order valence-electron chi connectivity index (χ1n) is 7.46. The zero-order chi connectivity index (χ0) is 15.7. The molecule has 22 heavy (non-hydrogen) atoms. The van der Waals surface area contributed by atoms with Gasteiger partial charge in [-0.15, -0.1) is 0 Å². The summed E-state index contributed by atoms with van der Waals surface area (Å²) in [5, 5.41) is 0. The van der Waals surface area contributed by atoms with E-state index in [1.165, 1.54) is 6.20 Å². The number of imidazole rings is 1. The summed E-state index contributed by atoms with van der Waals surface area (Å²) in [6, 6.07) is 1.84. The summed E-state index contributed by atoms with van der Waals surface area (Å²) in [4.78, 5) is 14.0. The highest BCUT2D eigenvalue weighted by atomic mass is 19.1. The minimum atomic E-state index is -0.270. The number of H-pyrrole nitrogens is 1. The molecule has 6 heteroatoms. The highest BCUT2D eigenvalue weighted by molar-refractivity contribution is 5.17. The number of aryl methyl sites for hydroxylation is 2. The second-order valence-electron chi connectivity index (χ2n) is 5.84. The molecule has 2 aromatic rings. The normalized spacial score (nSPS) is 22.4. The summed E-state index contributed by atoms with van der Waals surface area (Å²) in [5.41, 5.74) is 2.73. The van der Waals surface area contributed by atoms with Gasteiger partial charge in [0.2, 0.25) is 0 Å². The topological polar surface area (TPSA) is 54.0 Å². The molecule has 0 aromatic carbocycles. The van der Waals surface area contributed by atoms with Gasteiger partial charge in [0.25, 0.3) is 0 Å². The van der Waals surface area contributed by atoms with Gasteiger partial charge in [-0.25, -0.2) is 9.37 Å². The first-order valence-corrected chi connectivity index (χ1v) is 7.46. The molecule has 2 atom stereocenters. The largest absolute Gasteiger partial charge is 0.380 e. The maximum Gasteiger partial charge on any atom is 0.145 e. The van der Waals surface area contributed by atoms with E-state index in [4.69, 9.17) is 4.74 Å². The number of nitrogens with zero attached hydrogens (tertiary/aromatic N) is 3. The Balaban J connectivity index is 1.85. The third-order valence-electron chi connectivity index (χ3n) is 4.39. The number of aromatic nitrogens is 3. The van der Waals surface area contributed by atoms with E-state index < -0.39 is 0 Å². The summed E-state index contributed by atoms with van der Waals surface area (Å²) < 4.78 is 19.4. The quantitative estimate of drug-likeness (QED) is 0.943. The number of aromatic amines is 1. The fraction of sp³-hybridized carbons (Fsp3) is 0.500. The number of halogens is 1. The second kappa shape index (κ2) is 6.14. The third-order valence-corrected chi connectivity index (χ3v) is 4.39. The van der Waals surface area contributed by atoms with E-state index in [-0.39, 0.29) is 18.0 Å². The number of nitrogens with one attached hydrogen (secondary N) is 1. The van der Waals surface area contributed by atoms with Crippen LogP contribution in [0.5, 0.6) is 0 Å². The predicted octanol–water partition coefficient (Wildman–Crippen LogP) is 2.52. The van der Waals surface area contributed by atoms with Crippen LogP contribution in [0.25, 0.3) is 0 Å². The maximum atomic E-state index is 13.9. The highest BCUT2D eigenvalue weighted by Gasteiger charge is 2.35. The molecule has 0 saturated carbocycles. The van der Waals surface area contributed by atoms with Gasteiger partial charge in [-0.3, -0.25) is 9.88 Å². The summed E-state index contributed by atoms with van der Waals surface area (Å²) in [6.07, 6.45) is 3.88. The van der Waals surface area contributed by atoms with Crippen molar-refractivity contribution in [1.29, 1.82) is 0 Å². The zero-order valence-corrected chi connectivity index (χ0v) is 13.1. The van der Waals surface area contributed by atoms with E-state index in [0.29, 0.717) is 12.1 Å². The number of rotatable bonds is 4. The van der Waals surface area contributed by atoms with Crippen LogP contribution in [0, 0.1) is 19.7 Å². The molecule has 1 aliphatic rings. The summed E-state index contributed by atoms with van der Waals surface area (Å²) >= 11 is 0. The predicted molar refractivity (Wildman–Crippen MR) is 80.8 cm³/mol. The van der Waals surface area contributed by atoms with Crippen LogP contribution < -0.4 is 0 Å². The zero-order valence-electron chi connectivity index (χ0n) is 13.1. The monoisotopic (exact) mass is 304 g/mol. The minimum Gasteiger partial charge on any atom is -0.380 e. The van der Waals surface area contributed by atoms with Crippen molar-refractivity contribution in [2.24, 2.45) is 0 Å². The molecular weight excluding hydrogens is 283 g/mol. The molecule has 2 aromatic heterocycles. The van der Waals surface area contributed by atoms with Crippen LogP contribution >= 0.6 is 0 Å². The number of hydrogen-bond donors (Lipinski definition) is 1. The molecule has 0 bridgehead atoms. The molecule has 0 unspecified atom stereocenters. The Hall–Kier alpha value is -1.79. The Morgan fingerprint density at radius 2 is 2.27 bits per heavy atom. The number of ether oxygens (including phenoxy) is 1. The molecule has 1 fully saturated rings. The summed E-state index contributed by atoms with van der Waals surface area (Å²) in [6.45, 7) is 5.30. The van der Waals surface area contributed by atoms with E-state index in [9.17, 15) is 4.39 Å². The van der Waals surface area contributed by atoms with E-state index in [1.807, 2.05) is 13.8 Å². The van der Waals surface area contributed by atoms with Gasteiger partial charge in [0.1, 0.15) is 11.6 Å². The van der Waals surface area contributed by atoms with Crippen molar-refractivity contribution >= 4 is 0 Å².